The molecule has 0 aliphatic heterocycles. The second-order valence-corrected chi connectivity index (χ2v) is 6.17. The molecule has 24 heavy (non-hydrogen) atoms. The van der Waals surface area contributed by atoms with E-state index in [1.54, 1.807) is 7.05 Å². The Balaban J connectivity index is 0.00000208. The summed E-state index contributed by atoms with van der Waals surface area (Å²) in [4.78, 5) is 8.60. The van der Waals surface area contributed by atoms with E-state index in [2.05, 4.69) is 32.7 Å². The molecule has 2 atom stereocenters. The number of halogens is 2. The van der Waals surface area contributed by atoms with Gasteiger partial charge in [-0.15, -0.1) is 24.0 Å². The van der Waals surface area contributed by atoms with E-state index in [0.717, 1.165) is 17.4 Å². The van der Waals surface area contributed by atoms with Crippen molar-refractivity contribution in [2.24, 2.45) is 10.9 Å². The van der Waals surface area contributed by atoms with Crippen molar-refractivity contribution in [3.63, 3.8) is 0 Å². The van der Waals surface area contributed by atoms with Crippen molar-refractivity contribution in [1.82, 2.24) is 20.8 Å². The van der Waals surface area contributed by atoms with E-state index >= 15 is 0 Å². The zero-order valence-electron chi connectivity index (χ0n) is 13.6. The Morgan fingerprint density at radius 2 is 2.25 bits per heavy atom. The molecule has 1 aromatic heterocycles. The van der Waals surface area contributed by atoms with Gasteiger partial charge in [-0.1, -0.05) is 35.8 Å². The van der Waals surface area contributed by atoms with Crippen LogP contribution in [0.25, 0.3) is 11.4 Å². The number of hydrogen-bond acceptors (Lipinski definition) is 4. The topological polar surface area (TPSA) is 75.3 Å². The van der Waals surface area contributed by atoms with E-state index < -0.39 is 0 Å². The number of aliphatic imine (C=N–C) groups is 1. The van der Waals surface area contributed by atoms with Gasteiger partial charge in [0, 0.05) is 36.6 Å². The number of aromatic nitrogens is 2. The highest BCUT2D eigenvalue weighted by molar-refractivity contribution is 14.0. The van der Waals surface area contributed by atoms with Crippen molar-refractivity contribution >= 4 is 41.5 Å². The summed E-state index contributed by atoms with van der Waals surface area (Å²) in [6, 6.07) is 7.94. The van der Waals surface area contributed by atoms with E-state index in [1.807, 2.05) is 24.3 Å². The van der Waals surface area contributed by atoms with Crippen LogP contribution in [0.4, 0.5) is 0 Å². The summed E-state index contributed by atoms with van der Waals surface area (Å²) in [5.74, 6) is 2.68. The summed E-state index contributed by atoms with van der Waals surface area (Å²) in [7, 11) is 1.77. The molecule has 130 valence electrons. The maximum absolute atomic E-state index is 5.98. The van der Waals surface area contributed by atoms with Crippen molar-refractivity contribution in [1.29, 1.82) is 0 Å². The average molecular weight is 462 g/mol. The lowest BCUT2D eigenvalue weighted by molar-refractivity contribution is 0.378. The molecule has 3 rings (SSSR count). The molecule has 1 aliphatic rings. The lowest BCUT2D eigenvalue weighted by atomic mass is 10.2. The number of rotatable bonds is 5. The van der Waals surface area contributed by atoms with Crippen LogP contribution < -0.4 is 10.6 Å². The summed E-state index contributed by atoms with van der Waals surface area (Å²) in [6.45, 7) is 2.90. The minimum atomic E-state index is 0. The fourth-order valence-electron chi connectivity index (χ4n) is 2.28. The number of benzene rings is 1. The highest BCUT2D eigenvalue weighted by Gasteiger charge is 2.33. The molecule has 0 amide bonds. The number of nitrogens with zero attached hydrogens (tertiary/aromatic N) is 3. The zero-order chi connectivity index (χ0) is 16.2. The van der Waals surface area contributed by atoms with Crippen LogP contribution in [0.15, 0.2) is 33.8 Å². The first kappa shape index (κ1) is 19.0. The predicted octanol–water partition coefficient (Wildman–Crippen LogP) is 3.12. The Hall–Kier alpha value is -1.35. The van der Waals surface area contributed by atoms with Crippen LogP contribution in [0.5, 0.6) is 0 Å². The van der Waals surface area contributed by atoms with Crippen molar-refractivity contribution < 1.29 is 4.52 Å². The first-order valence-electron chi connectivity index (χ1n) is 7.71. The molecule has 0 spiro atoms. The van der Waals surface area contributed by atoms with Gasteiger partial charge < -0.3 is 15.2 Å². The standard InChI is InChI=1S/C16H20ClN5O.HI/c1-10-8-13(10)20-16(18-2)19-7-6-14-21-15(22-23-14)11-4-3-5-12(17)9-11;/h3-5,9-10,13H,6-8H2,1-2H3,(H2,18,19,20);1H. The maximum Gasteiger partial charge on any atom is 0.228 e. The molecule has 0 bridgehead atoms. The molecule has 1 fully saturated rings. The van der Waals surface area contributed by atoms with Gasteiger partial charge in [0.25, 0.3) is 0 Å². The third-order valence-corrected chi connectivity index (χ3v) is 4.07. The molecule has 2 unspecified atom stereocenters. The van der Waals surface area contributed by atoms with Gasteiger partial charge in [-0.2, -0.15) is 4.98 Å². The lowest BCUT2D eigenvalue weighted by Crippen LogP contribution is -2.39. The van der Waals surface area contributed by atoms with Crippen LogP contribution in [-0.2, 0) is 6.42 Å². The molecule has 8 heteroatoms. The Morgan fingerprint density at radius 1 is 1.46 bits per heavy atom. The van der Waals surface area contributed by atoms with E-state index in [4.69, 9.17) is 16.1 Å². The van der Waals surface area contributed by atoms with Gasteiger partial charge in [-0.3, -0.25) is 4.99 Å². The quantitative estimate of drug-likeness (QED) is 0.406. The summed E-state index contributed by atoms with van der Waals surface area (Å²) < 4.78 is 5.28. The van der Waals surface area contributed by atoms with E-state index in [-0.39, 0.29) is 24.0 Å². The van der Waals surface area contributed by atoms with Gasteiger partial charge in [-0.25, -0.2) is 0 Å². The predicted molar refractivity (Wildman–Crippen MR) is 106 cm³/mol. The molecule has 6 nitrogen and oxygen atoms in total. The fourth-order valence-corrected chi connectivity index (χ4v) is 2.47. The fraction of sp³-hybridized carbons (Fsp3) is 0.438. The van der Waals surface area contributed by atoms with Gasteiger partial charge in [0.15, 0.2) is 5.96 Å². The summed E-state index contributed by atoms with van der Waals surface area (Å²) in [6.07, 6.45) is 1.84. The smallest absolute Gasteiger partial charge is 0.228 e. The first-order valence-corrected chi connectivity index (χ1v) is 8.09. The summed E-state index contributed by atoms with van der Waals surface area (Å²) in [5.41, 5.74) is 0.848. The SMILES string of the molecule is CN=C(NCCc1nc(-c2cccc(Cl)c2)no1)NC1CC1C.I. The van der Waals surface area contributed by atoms with Gasteiger partial charge in [-0.05, 0) is 24.5 Å². The molecule has 1 heterocycles. The zero-order valence-corrected chi connectivity index (χ0v) is 16.7. The molecule has 0 radical (unpaired) electrons. The molecule has 1 saturated carbocycles. The molecule has 0 saturated heterocycles. The van der Waals surface area contributed by atoms with E-state index in [9.17, 15) is 0 Å². The van der Waals surface area contributed by atoms with Crippen LogP contribution in [0.2, 0.25) is 5.02 Å². The molecule has 1 aromatic carbocycles. The van der Waals surface area contributed by atoms with Crippen molar-refractivity contribution in [2.45, 2.75) is 25.8 Å². The number of hydrogen-bond donors (Lipinski definition) is 2. The summed E-state index contributed by atoms with van der Waals surface area (Å²) >= 11 is 5.98. The van der Waals surface area contributed by atoms with Crippen LogP contribution in [0, 0.1) is 5.92 Å². The number of guanidine groups is 1. The maximum atomic E-state index is 5.98. The normalized spacial score (nSPS) is 19.5. The minimum Gasteiger partial charge on any atom is -0.356 e. The highest BCUT2D eigenvalue weighted by atomic mass is 127. The molecule has 1 aliphatic carbocycles. The highest BCUT2D eigenvalue weighted by Crippen LogP contribution is 2.28. The Bertz CT molecular complexity index is 705. The first-order chi connectivity index (χ1) is 11.2. The third kappa shape index (κ3) is 5.07. The third-order valence-electron chi connectivity index (χ3n) is 3.84. The van der Waals surface area contributed by atoms with Gasteiger partial charge in [0.2, 0.25) is 11.7 Å². The second-order valence-electron chi connectivity index (χ2n) is 5.73. The molecular formula is C16H21ClIN5O. The van der Waals surface area contributed by atoms with Crippen LogP contribution in [0.1, 0.15) is 19.2 Å². The van der Waals surface area contributed by atoms with Crippen molar-refractivity contribution in [2.75, 3.05) is 13.6 Å². The monoisotopic (exact) mass is 461 g/mol. The van der Waals surface area contributed by atoms with E-state index in [0.29, 0.717) is 35.7 Å². The summed E-state index contributed by atoms with van der Waals surface area (Å²) in [5, 5.41) is 11.3. The Labute approximate surface area is 163 Å². The van der Waals surface area contributed by atoms with Crippen LogP contribution in [0.3, 0.4) is 0 Å². The average Bonchev–Trinajstić information content (AvgIpc) is 3.04. The Morgan fingerprint density at radius 3 is 2.92 bits per heavy atom. The molecular weight excluding hydrogens is 441 g/mol. The molecule has 2 N–H and O–H groups in total. The van der Waals surface area contributed by atoms with Gasteiger partial charge in [0.1, 0.15) is 0 Å². The van der Waals surface area contributed by atoms with Gasteiger partial charge >= 0.3 is 0 Å². The minimum absolute atomic E-state index is 0. The lowest BCUT2D eigenvalue weighted by Gasteiger charge is -2.10. The largest absolute Gasteiger partial charge is 0.356 e. The second kappa shape index (κ2) is 8.66. The van der Waals surface area contributed by atoms with Crippen molar-refractivity contribution in [3.8, 4) is 11.4 Å². The van der Waals surface area contributed by atoms with Crippen LogP contribution in [-0.4, -0.2) is 35.7 Å². The van der Waals surface area contributed by atoms with Crippen LogP contribution >= 0.6 is 35.6 Å². The van der Waals surface area contributed by atoms with E-state index in [1.165, 1.54) is 6.42 Å². The van der Waals surface area contributed by atoms with Gasteiger partial charge in [0.05, 0.1) is 0 Å². The Kier molecular flexibility index (Phi) is 6.85. The van der Waals surface area contributed by atoms with Crippen molar-refractivity contribution in [3.05, 3.63) is 35.2 Å². The molecule has 2 aromatic rings. The number of nitrogens with one attached hydrogen (secondary N) is 2.